The fourth-order valence-electron chi connectivity index (χ4n) is 3.25. The Labute approximate surface area is 154 Å². The molecule has 142 valence electrons. The van der Waals surface area contributed by atoms with E-state index >= 15 is 0 Å². The van der Waals surface area contributed by atoms with E-state index in [1.54, 1.807) is 12.1 Å². The lowest BCUT2D eigenvalue weighted by molar-refractivity contribution is -0.890. The van der Waals surface area contributed by atoms with Gasteiger partial charge in [-0.3, -0.25) is 0 Å². The molecule has 1 aliphatic rings. The van der Waals surface area contributed by atoms with Gasteiger partial charge in [0.25, 0.3) is 0 Å². The maximum atomic E-state index is 9.91. The van der Waals surface area contributed by atoms with Crippen LogP contribution in [-0.4, -0.2) is 61.1 Å². The van der Waals surface area contributed by atoms with E-state index in [9.17, 15) is 10.2 Å². The summed E-state index contributed by atoms with van der Waals surface area (Å²) in [5.41, 5.74) is 3.54. The topological polar surface area (TPSA) is 97.7 Å². The van der Waals surface area contributed by atoms with Gasteiger partial charge in [-0.15, -0.1) is 0 Å². The third-order valence-electron chi connectivity index (χ3n) is 4.48. The molecule has 1 aliphatic heterocycles. The maximum absolute atomic E-state index is 9.91. The highest BCUT2D eigenvalue weighted by molar-refractivity contribution is 7.84. The zero-order chi connectivity index (χ0) is 19.5. The molecule has 0 aromatic heterocycles. The molecule has 0 amide bonds. The summed E-state index contributed by atoms with van der Waals surface area (Å²) in [4.78, 5) is 0. The first-order valence-electron chi connectivity index (χ1n) is 8.29. The summed E-state index contributed by atoms with van der Waals surface area (Å²) in [6, 6.07) is 13.9. The van der Waals surface area contributed by atoms with Crippen LogP contribution in [0.4, 0.5) is 0 Å². The fraction of sp³-hybridized carbons (Fsp3) is 0.368. The van der Waals surface area contributed by atoms with Crippen LogP contribution in [0.3, 0.4) is 0 Å². The molecule has 0 fully saturated rings. The molecule has 1 unspecified atom stereocenters. The second kappa shape index (κ2) is 7.65. The highest BCUT2D eigenvalue weighted by Gasteiger charge is 2.31. The number of fused-ring (bicyclic) bond motifs is 1. The molecule has 1 heterocycles. The third-order valence-corrected chi connectivity index (χ3v) is 4.48. The van der Waals surface area contributed by atoms with E-state index in [2.05, 4.69) is 38.4 Å². The summed E-state index contributed by atoms with van der Waals surface area (Å²) >= 11 is 0. The van der Waals surface area contributed by atoms with E-state index in [1.165, 1.54) is 5.56 Å². The average Bonchev–Trinajstić information content (AvgIpc) is 2.65. The maximum Gasteiger partial charge on any atom is 0.157 e. The van der Waals surface area contributed by atoms with Gasteiger partial charge < -0.3 is 19.2 Å². The number of phenolic OH excluding ortho intramolecular Hbond substituents is 2. The molecule has 2 aromatic rings. The molecule has 1 atom stereocenters. The average molecular weight is 379 g/mol. The zero-order valence-electron chi connectivity index (χ0n) is 15.2. The predicted octanol–water partition coefficient (Wildman–Crippen LogP) is 2.02. The number of rotatable bonds is 1. The molecule has 2 aromatic carbocycles. The lowest BCUT2D eigenvalue weighted by Gasteiger charge is -2.31. The largest absolute Gasteiger partial charge is 0.748 e. The van der Waals surface area contributed by atoms with E-state index in [0.29, 0.717) is 6.26 Å². The van der Waals surface area contributed by atoms with Crippen molar-refractivity contribution in [2.75, 3.05) is 33.4 Å². The van der Waals surface area contributed by atoms with Crippen LogP contribution in [0.15, 0.2) is 42.5 Å². The first-order valence-corrected chi connectivity index (χ1v) is 10.1. The van der Waals surface area contributed by atoms with Crippen LogP contribution < -0.4 is 0 Å². The van der Waals surface area contributed by atoms with Crippen LogP contribution in [0, 0.1) is 0 Å². The van der Waals surface area contributed by atoms with Gasteiger partial charge in [0.2, 0.25) is 0 Å². The third kappa shape index (κ3) is 5.72. The van der Waals surface area contributed by atoms with Gasteiger partial charge in [-0.25, -0.2) is 8.42 Å². The number of hydrogen-bond acceptors (Lipinski definition) is 5. The number of benzene rings is 2. The SMILES string of the molecule is CS(=O)(=O)[O-].C[N+]1(C)CCc2cc(O)c(O)cc2C(c2ccccc2)C1. The number of phenols is 2. The summed E-state index contributed by atoms with van der Waals surface area (Å²) in [5.74, 6) is 0.194. The predicted molar refractivity (Wildman–Crippen MR) is 99.2 cm³/mol. The molecule has 2 N–H and O–H groups in total. The van der Waals surface area contributed by atoms with E-state index < -0.39 is 10.1 Å². The lowest BCUT2D eigenvalue weighted by atomic mass is 9.87. The monoisotopic (exact) mass is 379 g/mol. The van der Waals surface area contributed by atoms with Crippen molar-refractivity contribution < 1.29 is 27.7 Å². The summed E-state index contributed by atoms with van der Waals surface area (Å²) in [6.45, 7) is 2.02. The van der Waals surface area contributed by atoms with E-state index in [1.807, 2.05) is 6.07 Å². The highest BCUT2D eigenvalue weighted by Crippen LogP contribution is 2.38. The summed E-state index contributed by atoms with van der Waals surface area (Å²) < 4.78 is 28.2. The van der Waals surface area contributed by atoms with Crippen molar-refractivity contribution in [2.45, 2.75) is 12.3 Å². The molecule has 7 heteroatoms. The summed E-state index contributed by atoms with van der Waals surface area (Å²) in [6.07, 6.45) is 1.52. The van der Waals surface area contributed by atoms with Gasteiger partial charge in [-0.05, 0) is 28.8 Å². The number of likely N-dealkylation sites (N-methyl/N-ethyl adjacent to an activating group) is 1. The second-order valence-electron chi connectivity index (χ2n) is 7.30. The number of aromatic hydroxyl groups is 2. The zero-order valence-corrected chi connectivity index (χ0v) is 16.0. The van der Waals surface area contributed by atoms with Crippen molar-refractivity contribution in [2.24, 2.45) is 0 Å². The first kappa shape index (κ1) is 20.2. The Balaban J connectivity index is 0.000000431. The Kier molecular flexibility index (Phi) is 5.95. The van der Waals surface area contributed by atoms with E-state index in [-0.39, 0.29) is 17.4 Å². The minimum Gasteiger partial charge on any atom is -0.748 e. The van der Waals surface area contributed by atoms with E-state index in [0.717, 1.165) is 35.1 Å². The van der Waals surface area contributed by atoms with Gasteiger partial charge in [0.1, 0.15) is 0 Å². The van der Waals surface area contributed by atoms with Crippen molar-refractivity contribution >= 4 is 10.1 Å². The quantitative estimate of drug-likeness (QED) is 0.449. The van der Waals surface area contributed by atoms with Crippen molar-refractivity contribution in [3.05, 3.63) is 59.2 Å². The Morgan fingerprint density at radius 1 is 1.08 bits per heavy atom. The molecule has 0 saturated heterocycles. The van der Waals surface area contributed by atoms with Crippen molar-refractivity contribution in [3.63, 3.8) is 0 Å². The molecular weight excluding hydrogens is 354 g/mol. The van der Waals surface area contributed by atoms with Crippen molar-refractivity contribution in [3.8, 4) is 11.5 Å². The fourth-order valence-corrected chi connectivity index (χ4v) is 3.25. The Morgan fingerprint density at radius 2 is 1.62 bits per heavy atom. The first-order chi connectivity index (χ1) is 12.0. The summed E-state index contributed by atoms with van der Waals surface area (Å²) in [5, 5.41) is 19.7. The van der Waals surface area contributed by atoms with Crippen LogP contribution >= 0.6 is 0 Å². The smallest absolute Gasteiger partial charge is 0.157 e. The molecule has 0 aliphatic carbocycles. The van der Waals surface area contributed by atoms with E-state index in [4.69, 9.17) is 13.0 Å². The number of quaternary nitrogens is 1. The van der Waals surface area contributed by atoms with Crippen molar-refractivity contribution in [1.29, 1.82) is 0 Å². The van der Waals surface area contributed by atoms with Gasteiger partial charge in [-0.2, -0.15) is 0 Å². The standard InChI is InChI=1S/C18H21NO2.CH4O3S/c1-19(2)9-8-14-10-17(20)18(21)11-15(14)16(12-19)13-6-4-3-5-7-13;1-5(2,3)4/h3-7,10-11,16H,8-9,12H2,1-2H3,(H-,20,21);1H3,(H,2,3,4). The van der Waals surface area contributed by atoms with Crippen molar-refractivity contribution in [1.82, 2.24) is 0 Å². The molecular formula is C19H25NO5S. The van der Waals surface area contributed by atoms with Gasteiger partial charge in [0.15, 0.2) is 11.5 Å². The molecule has 26 heavy (non-hydrogen) atoms. The van der Waals surface area contributed by atoms with Gasteiger partial charge in [-0.1, -0.05) is 30.3 Å². The molecule has 3 rings (SSSR count). The van der Waals surface area contributed by atoms with Crippen LogP contribution in [0.5, 0.6) is 11.5 Å². The Hall–Kier alpha value is -2.09. The molecule has 0 radical (unpaired) electrons. The Bertz CT molecular complexity index is 855. The minimum absolute atomic E-state index is 0.0206. The molecule has 6 nitrogen and oxygen atoms in total. The second-order valence-corrected chi connectivity index (χ2v) is 8.71. The van der Waals surface area contributed by atoms with Crippen LogP contribution in [0.25, 0.3) is 0 Å². The molecule has 0 spiro atoms. The summed E-state index contributed by atoms with van der Waals surface area (Å²) in [7, 11) is 0.559. The highest BCUT2D eigenvalue weighted by atomic mass is 32.2. The van der Waals surface area contributed by atoms with Gasteiger partial charge >= 0.3 is 0 Å². The van der Waals surface area contributed by atoms with Crippen LogP contribution in [-0.2, 0) is 16.5 Å². The minimum atomic E-state index is -3.92. The van der Waals surface area contributed by atoms with Crippen LogP contribution in [0.1, 0.15) is 22.6 Å². The Morgan fingerprint density at radius 3 is 2.19 bits per heavy atom. The number of nitrogens with zero attached hydrogens (tertiary/aromatic N) is 1. The van der Waals surface area contributed by atoms with Gasteiger partial charge in [0, 0.05) is 12.7 Å². The van der Waals surface area contributed by atoms with Gasteiger partial charge in [0.05, 0.1) is 43.2 Å². The number of hydrogen-bond donors (Lipinski definition) is 2. The normalized spacial score (nSPS) is 18.8. The molecule has 0 saturated carbocycles. The van der Waals surface area contributed by atoms with Crippen LogP contribution in [0.2, 0.25) is 0 Å². The molecule has 0 bridgehead atoms. The lowest BCUT2D eigenvalue weighted by Crippen LogP contribution is -2.43.